The Hall–Kier alpha value is -1.55. The van der Waals surface area contributed by atoms with Crippen LogP contribution in [0.25, 0.3) is 0 Å². The van der Waals surface area contributed by atoms with E-state index in [-0.39, 0.29) is 5.97 Å². The molecule has 4 heteroatoms. The van der Waals surface area contributed by atoms with Crippen molar-refractivity contribution in [2.75, 3.05) is 20.3 Å². The third-order valence-electron chi connectivity index (χ3n) is 2.83. The van der Waals surface area contributed by atoms with E-state index in [2.05, 4.69) is 36.0 Å². The molecule has 0 amide bonds. The number of nitrogens with one attached hydrogen (secondary N) is 1. The number of carbonyl (C=O) groups excluding carboxylic acids is 1. The van der Waals surface area contributed by atoms with Gasteiger partial charge in [-0.15, -0.1) is 0 Å². The lowest BCUT2D eigenvalue weighted by Crippen LogP contribution is -2.18. The minimum atomic E-state index is -0.194. The molecule has 1 rings (SSSR count). The standard InChI is InChI=1S/C16H25NO3/c1-13(2)11-17-12-14-6-8-15(9-7-14)20-10-4-5-16(18)19-3/h6-9,13,17H,4-5,10-12H2,1-3H3. The predicted octanol–water partition coefficient (Wildman–Crippen LogP) is 2.76. The fraction of sp³-hybridized carbons (Fsp3) is 0.562. The van der Waals surface area contributed by atoms with E-state index in [4.69, 9.17) is 4.74 Å². The normalized spacial score (nSPS) is 10.6. The van der Waals surface area contributed by atoms with E-state index < -0.39 is 0 Å². The van der Waals surface area contributed by atoms with Gasteiger partial charge in [0.2, 0.25) is 0 Å². The molecule has 0 saturated carbocycles. The number of carbonyl (C=O) groups is 1. The predicted molar refractivity (Wildman–Crippen MR) is 79.7 cm³/mol. The van der Waals surface area contributed by atoms with E-state index in [1.54, 1.807) is 0 Å². The number of hydrogen-bond donors (Lipinski definition) is 1. The van der Waals surface area contributed by atoms with Gasteiger partial charge in [-0.2, -0.15) is 0 Å². The van der Waals surface area contributed by atoms with Crippen LogP contribution < -0.4 is 10.1 Å². The van der Waals surface area contributed by atoms with Crippen molar-refractivity contribution < 1.29 is 14.3 Å². The summed E-state index contributed by atoms with van der Waals surface area (Å²) in [6.07, 6.45) is 1.07. The third-order valence-corrected chi connectivity index (χ3v) is 2.83. The first kappa shape index (κ1) is 16.5. The third kappa shape index (κ3) is 7.14. The summed E-state index contributed by atoms with van der Waals surface area (Å²) in [5.74, 6) is 1.30. The van der Waals surface area contributed by atoms with E-state index in [0.29, 0.717) is 25.4 Å². The highest BCUT2D eigenvalue weighted by atomic mass is 16.5. The monoisotopic (exact) mass is 279 g/mol. The molecule has 0 fully saturated rings. The largest absolute Gasteiger partial charge is 0.494 e. The lowest BCUT2D eigenvalue weighted by Gasteiger charge is -2.09. The second-order valence-electron chi connectivity index (χ2n) is 5.20. The van der Waals surface area contributed by atoms with Crippen molar-refractivity contribution >= 4 is 5.97 Å². The first-order chi connectivity index (χ1) is 9.61. The molecule has 0 aliphatic rings. The van der Waals surface area contributed by atoms with Crippen molar-refractivity contribution in [3.63, 3.8) is 0 Å². The zero-order valence-corrected chi connectivity index (χ0v) is 12.6. The first-order valence-electron chi connectivity index (χ1n) is 7.11. The highest BCUT2D eigenvalue weighted by molar-refractivity contribution is 5.69. The van der Waals surface area contributed by atoms with Gasteiger partial charge in [0.05, 0.1) is 13.7 Å². The highest BCUT2D eigenvalue weighted by Crippen LogP contribution is 2.12. The Labute approximate surface area is 121 Å². The summed E-state index contributed by atoms with van der Waals surface area (Å²) in [5, 5.41) is 3.40. The summed E-state index contributed by atoms with van der Waals surface area (Å²) < 4.78 is 10.1. The molecule has 0 aromatic heterocycles. The number of rotatable bonds is 9. The first-order valence-corrected chi connectivity index (χ1v) is 7.11. The Morgan fingerprint density at radius 2 is 1.95 bits per heavy atom. The molecule has 1 aromatic carbocycles. The summed E-state index contributed by atoms with van der Waals surface area (Å²) in [6, 6.07) is 8.04. The van der Waals surface area contributed by atoms with Crippen molar-refractivity contribution in [3.05, 3.63) is 29.8 Å². The summed E-state index contributed by atoms with van der Waals surface area (Å²) in [5.41, 5.74) is 1.24. The number of methoxy groups -OCH3 is 1. The molecule has 112 valence electrons. The van der Waals surface area contributed by atoms with Crippen LogP contribution in [-0.4, -0.2) is 26.2 Å². The van der Waals surface area contributed by atoms with Crippen LogP contribution in [0, 0.1) is 5.92 Å². The van der Waals surface area contributed by atoms with Crippen LogP contribution in [0.2, 0.25) is 0 Å². The van der Waals surface area contributed by atoms with Gasteiger partial charge in [-0.1, -0.05) is 26.0 Å². The number of hydrogen-bond acceptors (Lipinski definition) is 4. The second-order valence-corrected chi connectivity index (χ2v) is 5.20. The molecule has 0 aliphatic heterocycles. The van der Waals surface area contributed by atoms with E-state index in [1.165, 1.54) is 12.7 Å². The fourth-order valence-corrected chi connectivity index (χ4v) is 1.72. The van der Waals surface area contributed by atoms with E-state index in [1.807, 2.05) is 12.1 Å². The SMILES string of the molecule is COC(=O)CCCOc1ccc(CNCC(C)C)cc1. The minimum Gasteiger partial charge on any atom is -0.494 e. The molecule has 1 N–H and O–H groups in total. The van der Waals surface area contributed by atoms with Crippen LogP contribution in [0.15, 0.2) is 24.3 Å². The number of esters is 1. The van der Waals surface area contributed by atoms with Gasteiger partial charge in [-0.25, -0.2) is 0 Å². The maximum atomic E-state index is 10.9. The van der Waals surface area contributed by atoms with Gasteiger partial charge in [-0.3, -0.25) is 4.79 Å². The molecule has 4 nitrogen and oxygen atoms in total. The maximum absolute atomic E-state index is 10.9. The summed E-state index contributed by atoms with van der Waals surface area (Å²) >= 11 is 0. The van der Waals surface area contributed by atoms with Gasteiger partial charge in [0.25, 0.3) is 0 Å². The van der Waals surface area contributed by atoms with Crippen LogP contribution in [0.3, 0.4) is 0 Å². The second kappa shape index (κ2) is 9.37. The van der Waals surface area contributed by atoms with Gasteiger partial charge in [-0.05, 0) is 36.6 Å². The smallest absolute Gasteiger partial charge is 0.305 e. The Morgan fingerprint density at radius 1 is 1.25 bits per heavy atom. The zero-order valence-electron chi connectivity index (χ0n) is 12.6. The lowest BCUT2D eigenvalue weighted by molar-refractivity contribution is -0.140. The van der Waals surface area contributed by atoms with Crippen molar-refractivity contribution in [2.45, 2.75) is 33.2 Å². The lowest BCUT2D eigenvalue weighted by atomic mass is 10.2. The van der Waals surface area contributed by atoms with Crippen molar-refractivity contribution in [3.8, 4) is 5.75 Å². The number of benzene rings is 1. The number of ether oxygens (including phenoxy) is 2. The highest BCUT2D eigenvalue weighted by Gasteiger charge is 2.01. The van der Waals surface area contributed by atoms with Crippen molar-refractivity contribution in [2.24, 2.45) is 5.92 Å². The Bertz CT molecular complexity index is 387. The van der Waals surface area contributed by atoms with Crippen LogP contribution in [0.4, 0.5) is 0 Å². The zero-order chi connectivity index (χ0) is 14.8. The van der Waals surface area contributed by atoms with Crippen molar-refractivity contribution in [1.29, 1.82) is 0 Å². The van der Waals surface area contributed by atoms with Gasteiger partial charge in [0.1, 0.15) is 5.75 Å². The molecular formula is C16H25NO3. The molecule has 0 bridgehead atoms. The van der Waals surface area contributed by atoms with Gasteiger partial charge < -0.3 is 14.8 Å². The Morgan fingerprint density at radius 3 is 2.55 bits per heavy atom. The van der Waals surface area contributed by atoms with E-state index >= 15 is 0 Å². The minimum absolute atomic E-state index is 0.194. The van der Waals surface area contributed by atoms with E-state index in [0.717, 1.165) is 18.8 Å². The molecule has 1 aromatic rings. The molecule has 0 heterocycles. The molecule has 20 heavy (non-hydrogen) atoms. The van der Waals surface area contributed by atoms with Gasteiger partial charge in [0.15, 0.2) is 0 Å². The van der Waals surface area contributed by atoms with Crippen LogP contribution >= 0.6 is 0 Å². The average Bonchev–Trinajstić information content (AvgIpc) is 2.44. The van der Waals surface area contributed by atoms with Crippen LogP contribution in [-0.2, 0) is 16.1 Å². The van der Waals surface area contributed by atoms with E-state index in [9.17, 15) is 4.79 Å². The average molecular weight is 279 g/mol. The van der Waals surface area contributed by atoms with Gasteiger partial charge in [0, 0.05) is 13.0 Å². The van der Waals surface area contributed by atoms with Crippen LogP contribution in [0.5, 0.6) is 5.75 Å². The van der Waals surface area contributed by atoms with Gasteiger partial charge >= 0.3 is 5.97 Å². The molecule has 0 saturated heterocycles. The fourth-order valence-electron chi connectivity index (χ4n) is 1.72. The topological polar surface area (TPSA) is 47.6 Å². The quantitative estimate of drug-likeness (QED) is 0.558. The maximum Gasteiger partial charge on any atom is 0.305 e. The molecule has 0 radical (unpaired) electrons. The van der Waals surface area contributed by atoms with Crippen molar-refractivity contribution in [1.82, 2.24) is 5.32 Å². The van der Waals surface area contributed by atoms with Crippen LogP contribution in [0.1, 0.15) is 32.3 Å². The Kier molecular flexibility index (Phi) is 7.73. The molecule has 0 unspecified atom stereocenters. The summed E-state index contributed by atoms with van der Waals surface area (Å²) in [7, 11) is 1.40. The Balaban J connectivity index is 2.23. The molecule has 0 atom stereocenters. The summed E-state index contributed by atoms with van der Waals surface area (Å²) in [4.78, 5) is 10.9. The molecule has 0 aliphatic carbocycles. The molecule has 0 spiro atoms. The summed E-state index contributed by atoms with van der Waals surface area (Å²) in [6.45, 7) is 6.81. The molecular weight excluding hydrogens is 254 g/mol.